The summed E-state index contributed by atoms with van der Waals surface area (Å²) < 4.78 is 5.59. The Bertz CT molecular complexity index is 1100. The molecular weight excluding hydrogens is 450 g/mol. The summed E-state index contributed by atoms with van der Waals surface area (Å²) in [6, 6.07) is 17.5. The topological polar surface area (TPSA) is 114 Å². The second-order valence-electron chi connectivity index (χ2n) is 6.62. The maximum Gasteiger partial charge on any atom is 0.408 e. The molecule has 1 heterocycles. The van der Waals surface area contributed by atoms with Crippen molar-refractivity contribution in [3.05, 3.63) is 81.3 Å². The fourth-order valence-electron chi connectivity index (χ4n) is 2.70. The minimum atomic E-state index is -0.935. The lowest BCUT2D eigenvalue weighted by Crippen LogP contribution is -2.50. The molecule has 0 aliphatic rings. The standard InChI is InChI=1S/C21H21N5O4S2/c27-18(25-26-21(31)32-14-23-26)12-22-19(28)17(11-15-7-3-1-4-8-15)24-20(29)30-13-16-9-5-2-6-10-16/h1-10,14,17H,11-13H2,(H,22,28)(H,24,29)(H,25,27). The molecule has 3 amide bonds. The predicted octanol–water partition coefficient (Wildman–Crippen LogP) is 2.40. The van der Waals surface area contributed by atoms with Gasteiger partial charge < -0.3 is 15.4 Å². The Balaban J connectivity index is 1.57. The maximum absolute atomic E-state index is 12.7. The van der Waals surface area contributed by atoms with Gasteiger partial charge in [0.05, 0.1) is 6.54 Å². The van der Waals surface area contributed by atoms with Crippen LogP contribution < -0.4 is 16.1 Å². The average molecular weight is 472 g/mol. The SMILES string of the molecule is O=C(CNC(=O)C(Cc1ccccc1)NC(=O)OCc1ccccc1)Nn1ncsc1=S. The van der Waals surface area contributed by atoms with Gasteiger partial charge in [-0.1, -0.05) is 72.0 Å². The van der Waals surface area contributed by atoms with Gasteiger partial charge in [-0.25, -0.2) is 10.2 Å². The normalized spacial score (nSPS) is 11.2. The molecule has 0 aliphatic carbocycles. The van der Waals surface area contributed by atoms with E-state index in [-0.39, 0.29) is 19.6 Å². The molecular formula is C21H21N5O4S2. The van der Waals surface area contributed by atoms with E-state index in [0.29, 0.717) is 3.95 Å². The number of nitrogens with one attached hydrogen (secondary N) is 3. The maximum atomic E-state index is 12.7. The van der Waals surface area contributed by atoms with Crippen LogP contribution in [0.25, 0.3) is 0 Å². The zero-order chi connectivity index (χ0) is 22.8. The Kier molecular flexibility index (Phi) is 8.46. The van der Waals surface area contributed by atoms with Crippen LogP contribution in [0, 0.1) is 3.95 Å². The van der Waals surface area contributed by atoms with Crippen LogP contribution in [0.15, 0.2) is 66.2 Å². The molecule has 9 nitrogen and oxygen atoms in total. The molecule has 3 aromatic rings. The second-order valence-corrected chi connectivity index (χ2v) is 8.10. The molecule has 32 heavy (non-hydrogen) atoms. The van der Waals surface area contributed by atoms with Crippen molar-refractivity contribution in [1.29, 1.82) is 0 Å². The summed E-state index contributed by atoms with van der Waals surface area (Å²) >= 11 is 6.21. The van der Waals surface area contributed by atoms with Crippen molar-refractivity contribution in [2.75, 3.05) is 12.0 Å². The first-order valence-corrected chi connectivity index (χ1v) is 10.9. The van der Waals surface area contributed by atoms with E-state index in [0.717, 1.165) is 15.9 Å². The Morgan fingerprint density at radius 2 is 1.69 bits per heavy atom. The van der Waals surface area contributed by atoms with Crippen molar-refractivity contribution < 1.29 is 19.1 Å². The highest BCUT2D eigenvalue weighted by molar-refractivity contribution is 7.73. The third kappa shape index (κ3) is 7.29. The van der Waals surface area contributed by atoms with Crippen molar-refractivity contribution in [2.45, 2.75) is 19.1 Å². The van der Waals surface area contributed by atoms with E-state index in [2.05, 4.69) is 21.2 Å². The molecule has 2 aromatic carbocycles. The average Bonchev–Trinajstić information content (AvgIpc) is 3.21. The predicted molar refractivity (Wildman–Crippen MR) is 122 cm³/mol. The summed E-state index contributed by atoms with van der Waals surface area (Å²) in [5.74, 6) is -1.03. The van der Waals surface area contributed by atoms with Gasteiger partial charge in [-0.3, -0.25) is 9.59 Å². The molecule has 1 aromatic heterocycles. The highest BCUT2D eigenvalue weighted by Gasteiger charge is 2.22. The lowest BCUT2D eigenvalue weighted by atomic mass is 10.1. The zero-order valence-electron chi connectivity index (χ0n) is 16.9. The summed E-state index contributed by atoms with van der Waals surface area (Å²) in [5, 5.41) is 8.97. The molecule has 0 spiro atoms. The minimum absolute atomic E-state index is 0.0725. The molecule has 1 atom stereocenters. The Morgan fingerprint density at radius 1 is 1.03 bits per heavy atom. The number of hydrogen-bond acceptors (Lipinski definition) is 7. The largest absolute Gasteiger partial charge is 0.445 e. The van der Waals surface area contributed by atoms with Crippen LogP contribution in [0.3, 0.4) is 0 Å². The molecule has 11 heteroatoms. The monoisotopic (exact) mass is 471 g/mol. The van der Waals surface area contributed by atoms with Gasteiger partial charge in [0.25, 0.3) is 5.91 Å². The van der Waals surface area contributed by atoms with Crippen LogP contribution in [0.4, 0.5) is 4.79 Å². The molecule has 0 fully saturated rings. The second kappa shape index (κ2) is 11.7. The lowest BCUT2D eigenvalue weighted by Gasteiger charge is -2.18. The summed E-state index contributed by atoms with van der Waals surface area (Å²) in [4.78, 5) is 38.3. The Hall–Kier alpha value is -3.57. The molecule has 166 valence electrons. The van der Waals surface area contributed by atoms with Crippen molar-refractivity contribution in [3.8, 4) is 0 Å². The number of nitrogens with zero attached hydrogens (tertiary/aromatic N) is 2. The fourth-order valence-corrected chi connectivity index (χ4v) is 3.35. The van der Waals surface area contributed by atoms with Gasteiger partial charge in [0.1, 0.15) is 18.2 Å². The third-order valence-corrected chi connectivity index (χ3v) is 5.28. The van der Waals surface area contributed by atoms with Gasteiger partial charge in [0.15, 0.2) is 0 Å². The molecule has 3 N–H and O–H groups in total. The van der Waals surface area contributed by atoms with Crippen molar-refractivity contribution in [3.63, 3.8) is 0 Å². The van der Waals surface area contributed by atoms with E-state index in [4.69, 9.17) is 17.0 Å². The van der Waals surface area contributed by atoms with Crippen LogP contribution in [0.2, 0.25) is 0 Å². The molecule has 0 saturated carbocycles. The van der Waals surface area contributed by atoms with Gasteiger partial charge in [-0.2, -0.15) is 0 Å². The van der Waals surface area contributed by atoms with Crippen LogP contribution >= 0.6 is 23.6 Å². The van der Waals surface area contributed by atoms with Gasteiger partial charge in [0.2, 0.25) is 9.86 Å². The van der Waals surface area contributed by atoms with Crippen LogP contribution in [0.5, 0.6) is 0 Å². The van der Waals surface area contributed by atoms with Gasteiger partial charge in [0, 0.05) is 6.42 Å². The van der Waals surface area contributed by atoms with E-state index >= 15 is 0 Å². The molecule has 0 aliphatic heterocycles. The van der Waals surface area contributed by atoms with Crippen LogP contribution in [-0.4, -0.2) is 40.4 Å². The number of alkyl carbamates (subject to hydrolysis) is 1. The molecule has 0 bridgehead atoms. The number of ether oxygens (including phenoxy) is 1. The molecule has 3 rings (SSSR count). The Morgan fingerprint density at radius 3 is 2.31 bits per heavy atom. The number of aromatic nitrogens is 2. The van der Waals surface area contributed by atoms with Gasteiger partial charge in [-0.05, 0) is 23.3 Å². The third-order valence-electron chi connectivity index (χ3n) is 4.25. The number of rotatable bonds is 9. The Labute approximate surface area is 193 Å². The van der Waals surface area contributed by atoms with Crippen molar-refractivity contribution in [2.24, 2.45) is 0 Å². The summed E-state index contributed by atoms with van der Waals surface area (Å²) in [6.07, 6.45) is -0.505. The summed E-state index contributed by atoms with van der Waals surface area (Å²) in [6.45, 7) is -0.243. The molecule has 0 radical (unpaired) electrons. The van der Waals surface area contributed by atoms with Crippen molar-refractivity contribution >= 4 is 41.5 Å². The smallest absolute Gasteiger partial charge is 0.408 e. The van der Waals surface area contributed by atoms with E-state index in [1.165, 1.54) is 16.8 Å². The van der Waals surface area contributed by atoms with E-state index in [9.17, 15) is 14.4 Å². The minimum Gasteiger partial charge on any atom is -0.445 e. The van der Waals surface area contributed by atoms with Crippen molar-refractivity contribution in [1.82, 2.24) is 20.5 Å². The highest BCUT2D eigenvalue weighted by Crippen LogP contribution is 2.05. The van der Waals surface area contributed by atoms with E-state index in [1.54, 1.807) is 0 Å². The number of amides is 3. The fraction of sp³-hybridized carbons (Fsp3) is 0.190. The molecule has 0 saturated heterocycles. The first kappa shape index (κ1) is 23.1. The van der Waals surface area contributed by atoms with Gasteiger partial charge in [-0.15, -0.1) is 9.89 Å². The number of carbonyl (C=O) groups excluding carboxylic acids is 3. The highest BCUT2D eigenvalue weighted by atomic mass is 32.1. The quantitative estimate of drug-likeness (QED) is 0.413. The van der Waals surface area contributed by atoms with Crippen LogP contribution in [-0.2, 0) is 27.4 Å². The first-order chi connectivity index (χ1) is 15.5. The van der Waals surface area contributed by atoms with E-state index < -0.39 is 23.9 Å². The zero-order valence-corrected chi connectivity index (χ0v) is 18.5. The summed E-state index contributed by atoms with van der Waals surface area (Å²) in [5.41, 5.74) is 5.61. The number of benzene rings is 2. The van der Waals surface area contributed by atoms with Gasteiger partial charge >= 0.3 is 6.09 Å². The van der Waals surface area contributed by atoms with E-state index in [1.807, 2.05) is 60.7 Å². The first-order valence-electron chi connectivity index (χ1n) is 9.63. The lowest BCUT2D eigenvalue weighted by molar-refractivity contribution is -0.125. The number of hydrogen-bond donors (Lipinski definition) is 3. The molecule has 1 unspecified atom stereocenters. The summed E-state index contributed by atoms with van der Waals surface area (Å²) in [7, 11) is 0. The number of carbonyl (C=O) groups is 3. The van der Waals surface area contributed by atoms with Crippen LogP contribution in [0.1, 0.15) is 11.1 Å².